The second kappa shape index (κ2) is 11.4. The number of hydrogen-bond acceptors (Lipinski definition) is 7. The van der Waals surface area contributed by atoms with Gasteiger partial charge in [0, 0.05) is 11.4 Å². The molecular formula is C27H24F3N5O2. The maximum Gasteiger partial charge on any atom is 0.416 e. The van der Waals surface area contributed by atoms with E-state index in [1.165, 1.54) is 29.2 Å². The van der Waals surface area contributed by atoms with E-state index >= 15 is 0 Å². The number of allylic oxidation sites excluding steroid dienone is 3. The Bertz CT molecular complexity index is 1340. The second-order valence-corrected chi connectivity index (χ2v) is 7.87. The number of benzene rings is 2. The molecule has 1 unspecified atom stereocenters. The minimum Gasteiger partial charge on any atom is -0.457 e. The molecule has 2 aromatic carbocycles. The van der Waals surface area contributed by atoms with Crippen LogP contribution in [0.15, 0.2) is 102 Å². The van der Waals surface area contributed by atoms with Gasteiger partial charge in [0.1, 0.15) is 12.6 Å². The molecule has 3 N–H and O–H groups in total. The van der Waals surface area contributed by atoms with Crippen molar-refractivity contribution in [1.82, 2.24) is 5.43 Å². The molecular weight excluding hydrogens is 483 g/mol. The van der Waals surface area contributed by atoms with Crippen LogP contribution >= 0.6 is 0 Å². The Morgan fingerprint density at radius 1 is 1.27 bits per heavy atom. The first-order chi connectivity index (χ1) is 17.6. The van der Waals surface area contributed by atoms with Gasteiger partial charge in [-0.2, -0.15) is 18.4 Å². The molecule has 1 aliphatic rings. The first-order valence-corrected chi connectivity index (χ1v) is 11.0. The van der Waals surface area contributed by atoms with Crippen LogP contribution in [0.3, 0.4) is 0 Å². The van der Waals surface area contributed by atoms with Gasteiger partial charge in [0.25, 0.3) is 0 Å². The molecule has 0 spiro atoms. The minimum atomic E-state index is -4.58. The smallest absolute Gasteiger partial charge is 0.416 e. The largest absolute Gasteiger partial charge is 0.457 e. The normalized spacial score (nSPS) is 16.0. The fraction of sp³-hybridized carbons (Fsp3) is 0.148. The summed E-state index contributed by atoms with van der Waals surface area (Å²) in [4.78, 5) is 19.3. The van der Waals surface area contributed by atoms with Gasteiger partial charge in [-0.15, -0.1) is 0 Å². The summed E-state index contributed by atoms with van der Waals surface area (Å²) in [6.45, 7) is 8.74. The zero-order valence-corrected chi connectivity index (χ0v) is 19.9. The van der Waals surface area contributed by atoms with Crippen molar-refractivity contribution in [2.24, 2.45) is 10.8 Å². The molecule has 1 aliphatic heterocycles. The molecule has 7 nitrogen and oxygen atoms in total. The molecule has 0 aliphatic carbocycles. The summed E-state index contributed by atoms with van der Waals surface area (Å²) < 4.78 is 45.8. The number of nitrogens with two attached hydrogens (primary N) is 1. The van der Waals surface area contributed by atoms with Crippen LogP contribution in [0.25, 0.3) is 0 Å². The third-order valence-corrected chi connectivity index (χ3v) is 5.56. The number of halogens is 3. The van der Waals surface area contributed by atoms with Crippen LogP contribution in [0.5, 0.6) is 0 Å². The van der Waals surface area contributed by atoms with Crippen LogP contribution in [0, 0.1) is 11.3 Å². The number of anilines is 1. The summed E-state index contributed by atoms with van der Waals surface area (Å²) in [5.74, 6) is 5.00. The number of nitrogens with zero attached hydrogens (tertiary/aromatic N) is 3. The molecule has 190 valence electrons. The van der Waals surface area contributed by atoms with Crippen molar-refractivity contribution in [3.05, 3.63) is 113 Å². The standard InChI is InChI=1S/C27H24F3N5O2/c1-4-7-18(5-2)16-37-25(36)23-17(3)35(22-9-6-8-21(14-22)27(28,29)30)26(34-32)33-24(23)20-12-10-19(15-31)11-13-20/h4-14,24H,1-2,16,32H2,3H3,(H,33,34)/b18-7+. The molecule has 1 heterocycles. The Kier molecular flexibility index (Phi) is 8.32. The summed E-state index contributed by atoms with van der Waals surface area (Å²) in [7, 11) is 0. The predicted molar refractivity (Wildman–Crippen MR) is 135 cm³/mol. The predicted octanol–water partition coefficient (Wildman–Crippen LogP) is 5.07. The Balaban J connectivity index is 2.15. The average Bonchev–Trinajstić information content (AvgIpc) is 2.89. The Labute approximate surface area is 212 Å². The number of nitriles is 1. The number of carbonyl (C=O) groups is 1. The van der Waals surface area contributed by atoms with Crippen LogP contribution in [0.2, 0.25) is 0 Å². The van der Waals surface area contributed by atoms with Gasteiger partial charge < -0.3 is 4.74 Å². The lowest BCUT2D eigenvalue weighted by atomic mass is 9.94. The highest BCUT2D eigenvalue weighted by molar-refractivity contribution is 6.04. The van der Waals surface area contributed by atoms with Gasteiger partial charge in [0.05, 0.1) is 22.8 Å². The van der Waals surface area contributed by atoms with Crippen LogP contribution in [0.1, 0.15) is 29.7 Å². The number of alkyl halides is 3. The Morgan fingerprint density at radius 3 is 2.54 bits per heavy atom. The topological polar surface area (TPSA) is 104 Å². The zero-order chi connectivity index (χ0) is 27.2. The van der Waals surface area contributed by atoms with E-state index in [0.29, 0.717) is 16.7 Å². The lowest BCUT2D eigenvalue weighted by Crippen LogP contribution is -2.47. The highest BCUT2D eigenvalue weighted by Gasteiger charge is 2.36. The number of rotatable bonds is 7. The third-order valence-electron chi connectivity index (χ3n) is 5.56. The zero-order valence-electron chi connectivity index (χ0n) is 19.9. The van der Waals surface area contributed by atoms with Crippen LogP contribution in [-0.4, -0.2) is 18.5 Å². The molecule has 0 saturated carbocycles. The van der Waals surface area contributed by atoms with Crippen molar-refractivity contribution in [2.45, 2.75) is 19.1 Å². The molecule has 0 fully saturated rings. The number of guanidine groups is 1. The molecule has 10 heteroatoms. The number of hydrazine groups is 1. The van der Waals surface area contributed by atoms with Gasteiger partial charge in [0.15, 0.2) is 0 Å². The SMILES string of the molecule is C=C/C=C(\C=C)COC(=O)C1=C(C)N(c2cccc(C(F)(F)F)c2)C(NN)=NC1c1ccc(C#N)cc1. The van der Waals surface area contributed by atoms with Gasteiger partial charge in [-0.05, 0) is 48.4 Å². The number of esters is 1. The first-order valence-electron chi connectivity index (χ1n) is 11.0. The van der Waals surface area contributed by atoms with Crippen molar-refractivity contribution in [1.29, 1.82) is 5.26 Å². The summed E-state index contributed by atoms with van der Waals surface area (Å²) in [6, 6.07) is 12.1. The summed E-state index contributed by atoms with van der Waals surface area (Å²) in [5, 5.41) is 9.14. The average molecular weight is 508 g/mol. The van der Waals surface area contributed by atoms with E-state index in [2.05, 4.69) is 23.6 Å². The molecule has 0 saturated heterocycles. The summed E-state index contributed by atoms with van der Waals surface area (Å²) in [6.07, 6.45) is 0.0827. The molecule has 0 bridgehead atoms. The number of ether oxygens (including phenoxy) is 1. The highest BCUT2D eigenvalue weighted by atomic mass is 19.4. The minimum absolute atomic E-state index is 0.0149. The van der Waals surface area contributed by atoms with Crippen molar-refractivity contribution >= 4 is 17.6 Å². The van der Waals surface area contributed by atoms with E-state index in [4.69, 9.17) is 15.8 Å². The third kappa shape index (κ3) is 5.97. The van der Waals surface area contributed by atoms with E-state index < -0.39 is 23.8 Å². The molecule has 0 aromatic heterocycles. The molecule has 0 radical (unpaired) electrons. The Hall–Kier alpha value is -4.62. The van der Waals surface area contributed by atoms with Crippen LogP contribution in [-0.2, 0) is 15.7 Å². The maximum atomic E-state index is 13.4. The van der Waals surface area contributed by atoms with Crippen molar-refractivity contribution in [2.75, 3.05) is 11.5 Å². The molecule has 3 rings (SSSR count). The van der Waals surface area contributed by atoms with Crippen molar-refractivity contribution < 1.29 is 22.7 Å². The van der Waals surface area contributed by atoms with Gasteiger partial charge in [-0.25, -0.2) is 15.6 Å². The molecule has 2 aromatic rings. The number of aliphatic imine (C=N–C) groups is 1. The van der Waals surface area contributed by atoms with E-state index in [0.717, 1.165) is 12.1 Å². The number of hydrogen-bond donors (Lipinski definition) is 2. The van der Waals surface area contributed by atoms with Crippen LogP contribution in [0.4, 0.5) is 18.9 Å². The maximum absolute atomic E-state index is 13.4. The number of nitrogens with one attached hydrogen (secondary N) is 1. The number of carbonyl (C=O) groups excluding carboxylic acids is 1. The molecule has 37 heavy (non-hydrogen) atoms. The van der Waals surface area contributed by atoms with Gasteiger partial charge in [-0.3, -0.25) is 10.3 Å². The fourth-order valence-electron chi connectivity index (χ4n) is 3.75. The Morgan fingerprint density at radius 2 is 1.97 bits per heavy atom. The first kappa shape index (κ1) is 27.0. The lowest BCUT2D eigenvalue weighted by Gasteiger charge is -2.34. The van der Waals surface area contributed by atoms with E-state index in [1.54, 1.807) is 37.3 Å². The highest BCUT2D eigenvalue weighted by Crippen LogP contribution is 2.38. The monoisotopic (exact) mass is 507 g/mol. The molecule has 1 atom stereocenters. The molecule has 0 amide bonds. The second-order valence-electron chi connectivity index (χ2n) is 7.87. The van der Waals surface area contributed by atoms with Crippen molar-refractivity contribution in [3.8, 4) is 6.07 Å². The van der Waals surface area contributed by atoms with Gasteiger partial charge >= 0.3 is 12.1 Å². The van der Waals surface area contributed by atoms with E-state index in [9.17, 15) is 18.0 Å². The van der Waals surface area contributed by atoms with E-state index in [1.807, 2.05) is 6.07 Å². The van der Waals surface area contributed by atoms with E-state index in [-0.39, 0.29) is 29.5 Å². The van der Waals surface area contributed by atoms with Gasteiger partial charge in [-0.1, -0.05) is 49.6 Å². The van der Waals surface area contributed by atoms with Gasteiger partial charge in [0.2, 0.25) is 5.96 Å². The van der Waals surface area contributed by atoms with Crippen LogP contribution < -0.4 is 16.2 Å². The fourth-order valence-corrected chi connectivity index (χ4v) is 3.75. The lowest BCUT2D eigenvalue weighted by molar-refractivity contribution is -0.139. The quantitative estimate of drug-likeness (QED) is 0.235. The van der Waals surface area contributed by atoms with Crippen molar-refractivity contribution in [3.63, 3.8) is 0 Å². The summed E-state index contributed by atoms with van der Waals surface area (Å²) in [5.41, 5.74) is 3.52. The summed E-state index contributed by atoms with van der Waals surface area (Å²) >= 11 is 0.